The van der Waals surface area contributed by atoms with Crippen molar-refractivity contribution in [3.63, 3.8) is 0 Å². The molecule has 2 nitrogen and oxygen atoms in total. The molecule has 0 aromatic heterocycles. The van der Waals surface area contributed by atoms with Gasteiger partial charge in [-0.15, -0.1) is 0 Å². The molecule has 106 valence electrons. The summed E-state index contributed by atoms with van der Waals surface area (Å²) in [7, 11) is 0. The van der Waals surface area contributed by atoms with Crippen molar-refractivity contribution < 1.29 is 9.53 Å². The molecule has 0 bridgehead atoms. The lowest BCUT2D eigenvalue weighted by molar-refractivity contribution is -0.124. The maximum atomic E-state index is 12.5. The van der Waals surface area contributed by atoms with Gasteiger partial charge in [0.15, 0.2) is 11.9 Å². The molecule has 1 aliphatic carbocycles. The zero-order valence-corrected chi connectivity index (χ0v) is 12.0. The molecule has 0 saturated heterocycles. The molecule has 2 aromatic rings. The third-order valence-electron chi connectivity index (χ3n) is 4.55. The minimum Gasteiger partial charge on any atom is -0.482 e. The predicted octanol–water partition coefficient (Wildman–Crippen LogP) is 3.29. The first-order valence-corrected chi connectivity index (χ1v) is 7.67. The highest BCUT2D eigenvalue weighted by Gasteiger charge is 2.28. The van der Waals surface area contributed by atoms with E-state index in [4.69, 9.17) is 4.74 Å². The SMILES string of the molecule is O=C(Cc1ccc2c(c1)CCC2)C1Cc2ccccc2O1. The number of aryl methyl sites for hydroxylation is 2. The van der Waals surface area contributed by atoms with Gasteiger partial charge in [-0.3, -0.25) is 4.79 Å². The van der Waals surface area contributed by atoms with Gasteiger partial charge in [0.2, 0.25) is 0 Å². The molecule has 0 saturated carbocycles. The number of para-hydroxylation sites is 1. The summed E-state index contributed by atoms with van der Waals surface area (Å²) in [5.41, 5.74) is 5.15. The van der Waals surface area contributed by atoms with Crippen molar-refractivity contribution in [1.82, 2.24) is 0 Å². The number of hydrogen-bond acceptors (Lipinski definition) is 2. The Bertz CT molecular complexity index is 677. The molecule has 0 fully saturated rings. The fraction of sp³-hybridized carbons (Fsp3) is 0.316. The highest BCUT2D eigenvalue weighted by molar-refractivity contribution is 5.86. The van der Waals surface area contributed by atoms with Crippen LogP contribution in [0.1, 0.15) is 28.7 Å². The second-order valence-corrected chi connectivity index (χ2v) is 6.02. The van der Waals surface area contributed by atoms with Gasteiger partial charge in [0.25, 0.3) is 0 Å². The van der Waals surface area contributed by atoms with E-state index in [-0.39, 0.29) is 11.9 Å². The Morgan fingerprint density at radius 2 is 1.90 bits per heavy atom. The molecular weight excluding hydrogens is 260 g/mol. The van der Waals surface area contributed by atoms with Crippen LogP contribution in [-0.4, -0.2) is 11.9 Å². The van der Waals surface area contributed by atoms with Gasteiger partial charge in [0.1, 0.15) is 5.75 Å². The maximum Gasteiger partial charge on any atom is 0.177 e. The number of carbonyl (C=O) groups is 1. The summed E-state index contributed by atoms with van der Waals surface area (Å²) >= 11 is 0. The van der Waals surface area contributed by atoms with E-state index >= 15 is 0 Å². The molecule has 0 radical (unpaired) electrons. The van der Waals surface area contributed by atoms with Crippen LogP contribution in [-0.2, 0) is 30.5 Å². The molecule has 2 aromatic carbocycles. The van der Waals surface area contributed by atoms with Gasteiger partial charge in [-0.25, -0.2) is 0 Å². The molecule has 1 unspecified atom stereocenters. The van der Waals surface area contributed by atoms with Crippen molar-refractivity contribution in [2.45, 2.75) is 38.2 Å². The summed E-state index contributed by atoms with van der Waals surface area (Å²) < 4.78 is 5.78. The van der Waals surface area contributed by atoms with Crippen LogP contribution in [0.25, 0.3) is 0 Å². The van der Waals surface area contributed by atoms with E-state index in [1.54, 1.807) is 0 Å². The third-order valence-corrected chi connectivity index (χ3v) is 4.55. The smallest absolute Gasteiger partial charge is 0.177 e. The van der Waals surface area contributed by atoms with E-state index in [0.29, 0.717) is 12.8 Å². The quantitative estimate of drug-likeness (QED) is 0.861. The summed E-state index contributed by atoms with van der Waals surface area (Å²) in [6.07, 6.45) is 4.46. The highest BCUT2D eigenvalue weighted by atomic mass is 16.5. The number of carbonyl (C=O) groups excluding carboxylic acids is 1. The van der Waals surface area contributed by atoms with Crippen molar-refractivity contribution in [2.24, 2.45) is 0 Å². The lowest BCUT2D eigenvalue weighted by Crippen LogP contribution is -2.26. The fourth-order valence-electron chi connectivity index (χ4n) is 3.41. The number of benzene rings is 2. The molecule has 2 aliphatic rings. The number of ketones is 1. The molecular formula is C19H18O2. The Morgan fingerprint density at radius 1 is 1.05 bits per heavy atom. The largest absolute Gasteiger partial charge is 0.482 e. The van der Waals surface area contributed by atoms with Crippen LogP contribution in [0.15, 0.2) is 42.5 Å². The van der Waals surface area contributed by atoms with E-state index in [0.717, 1.165) is 23.3 Å². The first-order valence-electron chi connectivity index (χ1n) is 7.67. The van der Waals surface area contributed by atoms with Crippen LogP contribution in [0.5, 0.6) is 5.75 Å². The van der Waals surface area contributed by atoms with Gasteiger partial charge < -0.3 is 4.74 Å². The minimum absolute atomic E-state index is 0.184. The number of Topliss-reactive ketones (excluding diaryl/α,β-unsaturated/α-hetero) is 1. The third kappa shape index (κ3) is 2.35. The summed E-state index contributed by atoms with van der Waals surface area (Å²) in [6.45, 7) is 0. The molecule has 2 heteroatoms. The predicted molar refractivity (Wildman–Crippen MR) is 81.7 cm³/mol. The Hall–Kier alpha value is -2.09. The Labute approximate surface area is 124 Å². The maximum absolute atomic E-state index is 12.5. The van der Waals surface area contributed by atoms with Crippen molar-refractivity contribution >= 4 is 5.78 Å². The van der Waals surface area contributed by atoms with E-state index in [1.165, 1.54) is 24.0 Å². The molecule has 1 heterocycles. The topological polar surface area (TPSA) is 26.3 Å². The van der Waals surface area contributed by atoms with E-state index in [9.17, 15) is 4.79 Å². The first-order chi connectivity index (χ1) is 10.3. The van der Waals surface area contributed by atoms with E-state index < -0.39 is 0 Å². The average molecular weight is 278 g/mol. The van der Waals surface area contributed by atoms with Crippen LogP contribution in [0, 0.1) is 0 Å². The molecule has 0 N–H and O–H groups in total. The Kier molecular flexibility index (Phi) is 3.03. The molecule has 1 atom stereocenters. The average Bonchev–Trinajstić information content (AvgIpc) is 3.13. The molecule has 0 amide bonds. The first kappa shape index (κ1) is 12.6. The van der Waals surface area contributed by atoms with Crippen molar-refractivity contribution in [3.05, 3.63) is 64.7 Å². The second-order valence-electron chi connectivity index (χ2n) is 6.02. The van der Waals surface area contributed by atoms with Gasteiger partial charge in [0.05, 0.1) is 0 Å². The lowest BCUT2D eigenvalue weighted by Gasteiger charge is -2.10. The normalized spacial score (nSPS) is 19.0. The van der Waals surface area contributed by atoms with E-state index in [1.807, 2.05) is 24.3 Å². The van der Waals surface area contributed by atoms with Crippen LogP contribution in [0.3, 0.4) is 0 Å². The van der Waals surface area contributed by atoms with Gasteiger partial charge >= 0.3 is 0 Å². The number of rotatable bonds is 3. The van der Waals surface area contributed by atoms with Crippen LogP contribution >= 0.6 is 0 Å². The monoisotopic (exact) mass is 278 g/mol. The van der Waals surface area contributed by atoms with Crippen molar-refractivity contribution in [2.75, 3.05) is 0 Å². The second kappa shape index (κ2) is 5.03. The molecule has 1 aliphatic heterocycles. The van der Waals surface area contributed by atoms with Crippen LogP contribution in [0.2, 0.25) is 0 Å². The number of hydrogen-bond donors (Lipinski definition) is 0. The number of fused-ring (bicyclic) bond motifs is 2. The van der Waals surface area contributed by atoms with Crippen molar-refractivity contribution in [3.8, 4) is 5.75 Å². The van der Waals surface area contributed by atoms with Crippen molar-refractivity contribution in [1.29, 1.82) is 0 Å². The van der Waals surface area contributed by atoms with Gasteiger partial charge in [-0.05, 0) is 47.6 Å². The Balaban J connectivity index is 1.47. The van der Waals surface area contributed by atoms with Crippen LogP contribution < -0.4 is 4.74 Å². The summed E-state index contributed by atoms with van der Waals surface area (Å²) in [5, 5.41) is 0. The highest BCUT2D eigenvalue weighted by Crippen LogP contribution is 2.29. The van der Waals surface area contributed by atoms with Gasteiger partial charge in [-0.1, -0.05) is 36.4 Å². The minimum atomic E-state index is -0.310. The van der Waals surface area contributed by atoms with Gasteiger partial charge in [0, 0.05) is 12.8 Å². The standard InChI is InChI=1S/C19H18O2/c20-17(19-12-16-4-1-2-7-18(16)21-19)11-13-8-9-14-5-3-6-15(14)10-13/h1-2,4,7-10,19H,3,5-6,11-12H2. The Morgan fingerprint density at radius 3 is 2.81 bits per heavy atom. The molecule has 0 spiro atoms. The summed E-state index contributed by atoms with van der Waals surface area (Å²) in [5.74, 6) is 1.05. The zero-order chi connectivity index (χ0) is 14.2. The zero-order valence-electron chi connectivity index (χ0n) is 12.0. The lowest BCUT2D eigenvalue weighted by atomic mass is 9.99. The van der Waals surface area contributed by atoms with E-state index in [2.05, 4.69) is 18.2 Å². The summed E-state index contributed by atoms with van der Waals surface area (Å²) in [4.78, 5) is 12.5. The van der Waals surface area contributed by atoms with Crippen LogP contribution in [0.4, 0.5) is 0 Å². The fourth-order valence-corrected chi connectivity index (χ4v) is 3.41. The number of ether oxygens (including phenoxy) is 1. The molecule has 21 heavy (non-hydrogen) atoms. The van der Waals surface area contributed by atoms with Gasteiger partial charge in [-0.2, -0.15) is 0 Å². The molecule has 4 rings (SSSR count). The summed E-state index contributed by atoms with van der Waals surface area (Å²) in [6, 6.07) is 14.4.